The molecule has 5 heteroatoms. The Bertz CT molecular complexity index is 740. The third-order valence-corrected chi connectivity index (χ3v) is 3.90. The van der Waals surface area contributed by atoms with E-state index >= 15 is 0 Å². The fourth-order valence-electron chi connectivity index (χ4n) is 2.65. The molecule has 2 rings (SSSR count). The van der Waals surface area contributed by atoms with E-state index in [1.807, 2.05) is 25.1 Å². The zero-order valence-corrected chi connectivity index (χ0v) is 15.4. The van der Waals surface area contributed by atoms with E-state index in [1.165, 1.54) is 5.56 Å². The van der Waals surface area contributed by atoms with Gasteiger partial charge in [0.1, 0.15) is 5.75 Å². The van der Waals surface area contributed by atoms with Gasteiger partial charge in [-0.15, -0.1) is 0 Å². The quantitative estimate of drug-likeness (QED) is 0.820. The molecule has 134 valence electrons. The molecule has 0 aliphatic carbocycles. The Morgan fingerprint density at radius 3 is 2.36 bits per heavy atom. The van der Waals surface area contributed by atoms with Crippen LogP contribution in [0.25, 0.3) is 0 Å². The van der Waals surface area contributed by atoms with Gasteiger partial charge in [-0.25, -0.2) is 0 Å². The minimum atomic E-state index is -0.238. The molecule has 2 aromatic carbocycles. The molecule has 0 aromatic heterocycles. The van der Waals surface area contributed by atoms with Gasteiger partial charge in [0.2, 0.25) is 0 Å². The molecule has 2 aromatic rings. The van der Waals surface area contributed by atoms with Crippen molar-refractivity contribution in [2.75, 3.05) is 26.1 Å². The SMILES string of the molecule is COc1ccc(NC(=O)COc2ccc(C(C)C)c(C)c2)cc1OC. The van der Waals surface area contributed by atoms with E-state index in [9.17, 15) is 4.79 Å². The van der Waals surface area contributed by atoms with Crippen LogP contribution in [0.2, 0.25) is 0 Å². The highest BCUT2D eigenvalue weighted by molar-refractivity contribution is 5.92. The van der Waals surface area contributed by atoms with Crippen LogP contribution in [0, 0.1) is 6.92 Å². The Kier molecular flexibility index (Phi) is 6.28. The third-order valence-electron chi connectivity index (χ3n) is 3.90. The second-order valence-electron chi connectivity index (χ2n) is 6.08. The lowest BCUT2D eigenvalue weighted by Gasteiger charge is -2.13. The van der Waals surface area contributed by atoms with E-state index in [1.54, 1.807) is 32.4 Å². The molecule has 1 amide bonds. The summed E-state index contributed by atoms with van der Waals surface area (Å²) in [6.07, 6.45) is 0. The first kappa shape index (κ1) is 18.6. The minimum absolute atomic E-state index is 0.0607. The first-order valence-electron chi connectivity index (χ1n) is 8.19. The van der Waals surface area contributed by atoms with Gasteiger partial charge in [-0.2, -0.15) is 0 Å². The smallest absolute Gasteiger partial charge is 0.262 e. The van der Waals surface area contributed by atoms with Crippen molar-refractivity contribution in [1.29, 1.82) is 0 Å². The number of aryl methyl sites for hydroxylation is 1. The fourth-order valence-corrected chi connectivity index (χ4v) is 2.65. The molecule has 0 aliphatic heterocycles. The lowest BCUT2D eigenvalue weighted by molar-refractivity contribution is -0.118. The van der Waals surface area contributed by atoms with Gasteiger partial charge in [0, 0.05) is 11.8 Å². The van der Waals surface area contributed by atoms with Crippen molar-refractivity contribution >= 4 is 11.6 Å². The van der Waals surface area contributed by atoms with Crippen LogP contribution in [0.3, 0.4) is 0 Å². The molecule has 0 radical (unpaired) electrons. The Morgan fingerprint density at radius 1 is 1.04 bits per heavy atom. The van der Waals surface area contributed by atoms with E-state index in [0.717, 1.165) is 5.56 Å². The number of hydrogen-bond acceptors (Lipinski definition) is 4. The van der Waals surface area contributed by atoms with E-state index < -0.39 is 0 Å². The third kappa shape index (κ3) is 4.89. The average Bonchev–Trinajstić information content (AvgIpc) is 2.59. The number of amides is 1. The van der Waals surface area contributed by atoms with Crippen molar-refractivity contribution in [3.05, 3.63) is 47.5 Å². The molecule has 0 atom stereocenters. The Morgan fingerprint density at radius 2 is 1.76 bits per heavy atom. The van der Waals surface area contributed by atoms with Gasteiger partial charge in [-0.1, -0.05) is 19.9 Å². The van der Waals surface area contributed by atoms with Crippen molar-refractivity contribution in [2.24, 2.45) is 0 Å². The maximum Gasteiger partial charge on any atom is 0.262 e. The van der Waals surface area contributed by atoms with Gasteiger partial charge in [-0.05, 0) is 48.2 Å². The summed E-state index contributed by atoms with van der Waals surface area (Å²) in [5.74, 6) is 2.07. The zero-order chi connectivity index (χ0) is 18.4. The Hall–Kier alpha value is -2.69. The number of rotatable bonds is 7. The second-order valence-corrected chi connectivity index (χ2v) is 6.08. The van der Waals surface area contributed by atoms with Crippen LogP contribution in [0.5, 0.6) is 17.2 Å². The number of anilines is 1. The van der Waals surface area contributed by atoms with Crippen LogP contribution in [-0.4, -0.2) is 26.7 Å². The lowest BCUT2D eigenvalue weighted by atomic mass is 9.98. The van der Waals surface area contributed by atoms with Crippen LogP contribution in [0.15, 0.2) is 36.4 Å². The molecule has 0 saturated heterocycles. The number of hydrogen-bond donors (Lipinski definition) is 1. The van der Waals surface area contributed by atoms with Gasteiger partial charge < -0.3 is 19.5 Å². The maximum absolute atomic E-state index is 12.1. The highest BCUT2D eigenvalue weighted by Crippen LogP contribution is 2.29. The predicted molar refractivity (Wildman–Crippen MR) is 98.9 cm³/mol. The number of nitrogens with one attached hydrogen (secondary N) is 1. The Balaban J connectivity index is 1.96. The van der Waals surface area contributed by atoms with Crippen LogP contribution in [0.1, 0.15) is 30.9 Å². The lowest BCUT2D eigenvalue weighted by Crippen LogP contribution is -2.20. The number of methoxy groups -OCH3 is 2. The van der Waals surface area contributed by atoms with E-state index in [2.05, 4.69) is 19.2 Å². The summed E-state index contributed by atoms with van der Waals surface area (Å²) in [4.78, 5) is 12.1. The fraction of sp³-hybridized carbons (Fsp3) is 0.350. The highest BCUT2D eigenvalue weighted by Gasteiger charge is 2.09. The molecule has 0 saturated carbocycles. The summed E-state index contributed by atoms with van der Waals surface area (Å²) in [6.45, 7) is 6.29. The van der Waals surface area contributed by atoms with E-state index in [4.69, 9.17) is 14.2 Å². The summed E-state index contributed by atoms with van der Waals surface area (Å²) in [7, 11) is 3.12. The average molecular weight is 343 g/mol. The van der Waals surface area contributed by atoms with E-state index in [0.29, 0.717) is 28.9 Å². The summed E-state index contributed by atoms with van der Waals surface area (Å²) < 4.78 is 16.0. The standard InChI is InChI=1S/C20H25NO4/c1-13(2)17-8-7-16(10-14(17)3)25-12-20(22)21-15-6-9-18(23-4)19(11-15)24-5/h6-11,13H,12H2,1-5H3,(H,21,22). The van der Waals surface area contributed by atoms with Crippen molar-refractivity contribution in [3.8, 4) is 17.2 Å². The molecule has 0 unspecified atom stereocenters. The van der Waals surface area contributed by atoms with Crippen molar-refractivity contribution in [1.82, 2.24) is 0 Å². The summed E-state index contributed by atoms with van der Waals surface area (Å²) >= 11 is 0. The summed E-state index contributed by atoms with van der Waals surface area (Å²) in [5, 5.41) is 2.78. The molecular formula is C20H25NO4. The number of carbonyl (C=O) groups is 1. The largest absolute Gasteiger partial charge is 0.493 e. The van der Waals surface area contributed by atoms with Crippen molar-refractivity contribution < 1.29 is 19.0 Å². The number of ether oxygens (including phenoxy) is 3. The minimum Gasteiger partial charge on any atom is -0.493 e. The topological polar surface area (TPSA) is 56.8 Å². The van der Waals surface area contributed by atoms with Gasteiger partial charge >= 0.3 is 0 Å². The molecule has 25 heavy (non-hydrogen) atoms. The monoisotopic (exact) mass is 343 g/mol. The van der Waals surface area contributed by atoms with Crippen molar-refractivity contribution in [2.45, 2.75) is 26.7 Å². The first-order chi connectivity index (χ1) is 11.9. The van der Waals surface area contributed by atoms with Crippen LogP contribution < -0.4 is 19.5 Å². The first-order valence-corrected chi connectivity index (χ1v) is 8.19. The molecular weight excluding hydrogens is 318 g/mol. The molecule has 0 fully saturated rings. The van der Waals surface area contributed by atoms with Crippen LogP contribution in [0.4, 0.5) is 5.69 Å². The molecule has 0 spiro atoms. The molecule has 5 nitrogen and oxygen atoms in total. The normalized spacial score (nSPS) is 10.5. The van der Waals surface area contributed by atoms with E-state index in [-0.39, 0.29) is 12.5 Å². The summed E-state index contributed by atoms with van der Waals surface area (Å²) in [5.41, 5.74) is 3.06. The van der Waals surface area contributed by atoms with Crippen molar-refractivity contribution in [3.63, 3.8) is 0 Å². The molecule has 0 aliphatic rings. The highest BCUT2D eigenvalue weighted by atomic mass is 16.5. The van der Waals surface area contributed by atoms with Gasteiger partial charge in [0.05, 0.1) is 14.2 Å². The Labute approximate surface area is 148 Å². The van der Waals surface area contributed by atoms with Gasteiger partial charge in [-0.3, -0.25) is 4.79 Å². The second kappa shape index (κ2) is 8.42. The number of benzene rings is 2. The van der Waals surface area contributed by atoms with Crippen LogP contribution in [-0.2, 0) is 4.79 Å². The molecule has 0 bridgehead atoms. The maximum atomic E-state index is 12.1. The predicted octanol–water partition coefficient (Wildman–Crippen LogP) is 4.15. The van der Waals surface area contributed by atoms with Crippen LogP contribution >= 0.6 is 0 Å². The molecule has 1 N–H and O–H groups in total. The van der Waals surface area contributed by atoms with Gasteiger partial charge in [0.25, 0.3) is 5.91 Å². The van der Waals surface area contributed by atoms with Gasteiger partial charge in [0.15, 0.2) is 18.1 Å². The number of carbonyl (C=O) groups excluding carboxylic acids is 1. The zero-order valence-electron chi connectivity index (χ0n) is 15.4. The molecule has 0 heterocycles. The summed E-state index contributed by atoms with van der Waals surface area (Å²) in [6, 6.07) is 11.1.